The number of carbonyl (C=O) groups excluding carboxylic acids is 2. The van der Waals surface area contributed by atoms with E-state index in [0.717, 1.165) is 43.2 Å². The van der Waals surface area contributed by atoms with Crippen molar-refractivity contribution < 1.29 is 32.8 Å². The van der Waals surface area contributed by atoms with E-state index in [1.54, 1.807) is 0 Å². The number of hydrogen-bond donors (Lipinski definition) is 3. The number of benzene rings is 2. The van der Waals surface area contributed by atoms with Crippen LogP contribution >= 0.6 is 0 Å². The Kier molecular flexibility index (Phi) is 5.87. The molecule has 11 nitrogen and oxygen atoms in total. The van der Waals surface area contributed by atoms with Crippen LogP contribution in [0.4, 0.5) is 11.4 Å². The van der Waals surface area contributed by atoms with Crippen LogP contribution < -0.4 is 10.0 Å². The largest absolute Gasteiger partial charge is 0.507 e. The molecule has 0 spiro atoms. The molecule has 1 fully saturated rings. The van der Waals surface area contributed by atoms with E-state index in [1.165, 1.54) is 12.1 Å². The summed E-state index contributed by atoms with van der Waals surface area (Å²) in [4.78, 5) is 33.5. The lowest BCUT2D eigenvalue weighted by molar-refractivity contribution is -0.384. The van der Waals surface area contributed by atoms with Crippen LogP contribution in [-0.2, 0) is 19.6 Å². The van der Waals surface area contributed by atoms with Gasteiger partial charge >= 0.3 is 5.97 Å². The van der Waals surface area contributed by atoms with Gasteiger partial charge in [0.25, 0.3) is 21.6 Å². The number of non-ortho nitro benzene ring substituents is 1. The standard InChI is InChI=1S/C18H17N3O8S/c22-16-8-7-14(9-15(16)18(24)29-10-17(23)19-11-1-2-11)30(27,28)20-12-3-5-13(6-4-12)21(25)26/h3-9,11,20,22H,1-2,10H2,(H,19,23). The SMILES string of the molecule is O=C(COC(=O)c1cc(S(=O)(=O)Nc2ccc([N+](=O)[O-])cc2)ccc1O)NC1CC1. The van der Waals surface area contributed by atoms with E-state index in [9.17, 15) is 33.2 Å². The van der Waals surface area contributed by atoms with Crippen LogP contribution in [0, 0.1) is 10.1 Å². The summed E-state index contributed by atoms with van der Waals surface area (Å²) in [6, 6.07) is 7.75. The summed E-state index contributed by atoms with van der Waals surface area (Å²) in [5, 5.41) is 23.2. The second-order valence-corrected chi connectivity index (χ2v) is 8.19. The molecule has 0 radical (unpaired) electrons. The fraction of sp³-hybridized carbons (Fsp3) is 0.222. The number of anilines is 1. The lowest BCUT2D eigenvalue weighted by Gasteiger charge is -2.11. The topological polar surface area (TPSA) is 165 Å². The predicted octanol–water partition coefficient (Wildman–Crippen LogP) is 1.54. The Hall–Kier alpha value is -3.67. The van der Waals surface area contributed by atoms with E-state index >= 15 is 0 Å². The minimum atomic E-state index is -4.18. The molecule has 0 saturated heterocycles. The summed E-state index contributed by atoms with van der Waals surface area (Å²) >= 11 is 0. The predicted molar refractivity (Wildman–Crippen MR) is 103 cm³/mol. The number of nitro groups is 1. The lowest BCUT2D eigenvalue weighted by Crippen LogP contribution is -2.30. The highest BCUT2D eigenvalue weighted by molar-refractivity contribution is 7.92. The molecule has 1 aliphatic rings. The first-order valence-corrected chi connectivity index (χ1v) is 10.2. The first-order valence-electron chi connectivity index (χ1n) is 8.72. The number of sulfonamides is 1. The number of nitrogens with zero attached hydrogens (tertiary/aromatic N) is 1. The summed E-state index contributed by atoms with van der Waals surface area (Å²) in [6.45, 7) is -0.563. The van der Waals surface area contributed by atoms with Gasteiger partial charge in [-0.25, -0.2) is 13.2 Å². The fourth-order valence-corrected chi connectivity index (χ4v) is 3.50. The summed E-state index contributed by atoms with van der Waals surface area (Å²) in [5.74, 6) is -2.07. The van der Waals surface area contributed by atoms with Crippen LogP contribution in [0.5, 0.6) is 5.75 Å². The molecular formula is C18H17N3O8S. The third-order valence-corrected chi connectivity index (χ3v) is 5.48. The van der Waals surface area contributed by atoms with Gasteiger partial charge in [0, 0.05) is 23.9 Å². The van der Waals surface area contributed by atoms with E-state index < -0.39 is 44.7 Å². The zero-order valence-electron chi connectivity index (χ0n) is 15.4. The van der Waals surface area contributed by atoms with Gasteiger partial charge in [-0.1, -0.05) is 0 Å². The Labute approximate surface area is 170 Å². The van der Waals surface area contributed by atoms with Crippen LogP contribution in [0.1, 0.15) is 23.2 Å². The molecule has 1 amide bonds. The van der Waals surface area contributed by atoms with Crippen LogP contribution in [0.25, 0.3) is 0 Å². The van der Waals surface area contributed by atoms with Crippen LogP contribution in [0.15, 0.2) is 47.4 Å². The van der Waals surface area contributed by atoms with Gasteiger partial charge in [0.05, 0.1) is 9.82 Å². The smallest absolute Gasteiger partial charge is 0.342 e. The summed E-state index contributed by atoms with van der Waals surface area (Å²) in [7, 11) is -4.18. The Morgan fingerprint density at radius 3 is 2.43 bits per heavy atom. The summed E-state index contributed by atoms with van der Waals surface area (Å²) in [6.07, 6.45) is 1.73. The number of ether oxygens (including phenoxy) is 1. The Morgan fingerprint density at radius 1 is 1.17 bits per heavy atom. The van der Waals surface area contributed by atoms with Crippen molar-refractivity contribution in [1.82, 2.24) is 5.32 Å². The number of carbonyl (C=O) groups is 2. The Bertz CT molecular complexity index is 1090. The molecule has 0 aromatic heterocycles. The molecule has 1 aliphatic carbocycles. The van der Waals surface area contributed by atoms with E-state index in [4.69, 9.17) is 4.74 Å². The van der Waals surface area contributed by atoms with Crippen molar-refractivity contribution in [2.45, 2.75) is 23.8 Å². The number of nitrogens with one attached hydrogen (secondary N) is 2. The number of phenolic OH excluding ortho intramolecular Hbond substituents is 1. The number of esters is 1. The molecule has 2 aromatic rings. The zero-order valence-corrected chi connectivity index (χ0v) is 16.2. The molecule has 0 aliphatic heterocycles. The highest BCUT2D eigenvalue weighted by Gasteiger charge is 2.25. The maximum absolute atomic E-state index is 12.6. The third-order valence-electron chi connectivity index (χ3n) is 4.11. The van der Waals surface area contributed by atoms with Gasteiger partial charge < -0.3 is 15.2 Å². The molecule has 3 N–H and O–H groups in total. The van der Waals surface area contributed by atoms with Crippen molar-refractivity contribution in [2.24, 2.45) is 0 Å². The van der Waals surface area contributed by atoms with Crippen molar-refractivity contribution in [3.8, 4) is 5.75 Å². The Morgan fingerprint density at radius 2 is 1.83 bits per heavy atom. The van der Waals surface area contributed by atoms with E-state index in [-0.39, 0.29) is 22.3 Å². The van der Waals surface area contributed by atoms with Gasteiger partial charge in [-0.3, -0.25) is 19.6 Å². The molecule has 12 heteroatoms. The summed E-state index contributed by atoms with van der Waals surface area (Å²) in [5.41, 5.74) is -0.575. The molecule has 158 valence electrons. The monoisotopic (exact) mass is 435 g/mol. The number of phenols is 1. The zero-order chi connectivity index (χ0) is 21.9. The van der Waals surface area contributed by atoms with Gasteiger partial charge in [0.15, 0.2) is 6.61 Å². The lowest BCUT2D eigenvalue weighted by atomic mass is 10.2. The normalized spacial score (nSPS) is 13.3. The molecular weight excluding hydrogens is 418 g/mol. The molecule has 3 rings (SSSR count). The van der Waals surface area contributed by atoms with Crippen molar-refractivity contribution in [2.75, 3.05) is 11.3 Å². The molecule has 0 unspecified atom stereocenters. The fourth-order valence-electron chi connectivity index (χ4n) is 2.42. The van der Waals surface area contributed by atoms with Crippen LogP contribution in [0.3, 0.4) is 0 Å². The first-order chi connectivity index (χ1) is 14.2. The quantitative estimate of drug-likeness (QED) is 0.319. The highest BCUT2D eigenvalue weighted by atomic mass is 32.2. The number of amides is 1. The van der Waals surface area contributed by atoms with Crippen LogP contribution in [0.2, 0.25) is 0 Å². The number of rotatable bonds is 8. The molecule has 0 atom stereocenters. The minimum Gasteiger partial charge on any atom is -0.507 e. The van der Waals surface area contributed by atoms with Crippen molar-refractivity contribution in [1.29, 1.82) is 0 Å². The maximum Gasteiger partial charge on any atom is 0.342 e. The Balaban J connectivity index is 1.72. The molecule has 1 saturated carbocycles. The molecule has 0 heterocycles. The average Bonchev–Trinajstić information content (AvgIpc) is 3.50. The minimum absolute atomic E-state index is 0.0644. The number of aromatic hydroxyl groups is 1. The second-order valence-electron chi connectivity index (χ2n) is 6.51. The average molecular weight is 435 g/mol. The second kappa shape index (κ2) is 8.37. The number of nitro benzene ring substituents is 1. The van der Waals surface area contributed by atoms with Gasteiger partial charge in [0.1, 0.15) is 11.3 Å². The maximum atomic E-state index is 12.6. The highest BCUT2D eigenvalue weighted by Crippen LogP contribution is 2.25. The third kappa shape index (κ3) is 5.23. The van der Waals surface area contributed by atoms with Gasteiger partial charge in [-0.15, -0.1) is 0 Å². The molecule has 30 heavy (non-hydrogen) atoms. The van der Waals surface area contributed by atoms with Gasteiger partial charge in [-0.05, 0) is 43.2 Å². The van der Waals surface area contributed by atoms with E-state index in [0.29, 0.717) is 0 Å². The van der Waals surface area contributed by atoms with Crippen LogP contribution in [-0.4, -0.2) is 43.0 Å². The van der Waals surface area contributed by atoms with E-state index in [1.807, 2.05) is 0 Å². The van der Waals surface area contributed by atoms with Crippen molar-refractivity contribution in [3.63, 3.8) is 0 Å². The van der Waals surface area contributed by atoms with Crippen molar-refractivity contribution in [3.05, 3.63) is 58.1 Å². The summed E-state index contributed by atoms with van der Waals surface area (Å²) < 4.78 is 32.2. The first kappa shape index (κ1) is 21.0. The van der Waals surface area contributed by atoms with Gasteiger partial charge in [-0.2, -0.15) is 0 Å². The van der Waals surface area contributed by atoms with E-state index in [2.05, 4.69) is 10.0 Å². The molecule has 0 bridgehead atoms. The molecule has 2 aromatic carbocycles. The van der Waals surface area contributed by atoms with Gasteiger partial charge in [0.2, 0.25) is 0 Å². The van der Waals surface area contributed by atoms with Crippen molar-refractivity contribution >= 4 is 33.3 Å². The number of hydrogen-bond acceptors (Lipinski definition) is 8.